The van der Waals surface area contributed by atoms with Gasteiger partial charge in [-0.15, -0.1) is 10.2 Å². The standard InChI is InChI=1S/C36H37N5O4S/c1-36(2,3)28-14-12-27(13-15-28)34-39-40-35(41(34)29-16-18-30(43-4)19-17-29)46-24-33(42)38-37-22-26-11-20-31(32(21-26)44-5)45-23-25-9-7-6-8-10-25/h6-22H,23-24H2,1-5H3,(H,38,42)/b37-22-. The molecule has 0 aliphatic carbocycles. The van der Waals surface area contributed by atoms with Gasteiger partial charge >= 0.3 is 0 Å². The van der Waals surface area contributed by atoms with E-state index in [-0.39, 0.29) is 17.1 Å². The van der Waals surface area contributed by atoms with Crippen molar-refractivity contribution in [1.82, 2.24) is 20.2 Å². The average molecular weight is 636 g/mol. The molecule has 0 fully saturated rings. The van der Waals surface area contributed by atoms with Gasteiger partial charge in [0.25, 0.3) is 5.91 Å². The third-order valence-corrected chi connectivity index (χ3v) is 8.06. The zero-order valence-electron chi connectivity index (χ0n) is 26.6. The fraction of sp³-hybridized carbons (Fsp3) is 0.222. The van der Waals surface area contributed by atoms with Crippen LogP contribution in [0.15, 0.2) is 107 Å². The topological polar surface area (TPSA) is 99.9 Å². The van der Waals surface area contributed by atoms with Crippen LogP contribution in [0.3, 0.4) is 0 Å². The molecule has 1 N–H and O–H groups in total. The van der Waals surface area contributed by atoms with Crippen LogP contribution in [0.1, 0.15) is 37.5 Å². The van der Waals surface area contributed by atoms with E-state index in [1.807, 2.05) is 71.3 Å². The first-order chi connectivity index (χ1) is 22.2. The minimum absolute atomic E-state index is 0.0332. The molecule has 0 saturated heterocycles. The Morgan fingerprint density at radius 2 is 1.63 bits per heavy atom. The van der Waals surface area contributed by atoms with Crippen LogP contribution in [0.5, 0.6) is 17.2 Å². The van der Waals surface area contributed by atoms with Crippen LogP contribution >= 0.6 is 11.8 Å². The number of hydrogen-bond donors (Lipinski definition) is 1. The maximum atomic E-state index is 12.8. The summed E-state index contributed by atoms with van der Waals surface area (Å²) < 4.78 is 18.7. The van der Waals surface area contributed by atoms with Gasteiger partial charge in [-0.25, -0.2) is 5.43 Å². The third-order valence-electron chi connectivity index (χ3n) is 7.13. The van der Waals surface area contributed by atoms with Crippen molar-refractivity contribution in [3.05, 3.63) is 114 Å². The Hall–Kier alpha value is -5.09. The minimum atomic E-state index is -0.281. The molecule has 0 spiro atoms. The number of nitrogens with one attached hydrogen (secondary N) is 1. The van der Waals surface area contributed by atoms with Gasteiger partial charge in [0.15, 0.2) is 22.5 Å². The lowest BCUT2D eigenvalue weighted by Gasteiger charge is -2.19. The first-order valence-corrected chi connectivity index (χ1v) is 15.7. The van der Waals surface area contributed by atoms with Crippen LogP contribution in [-0.2, 0) is 16.8 Å². The summed E-state index contributed by atoms with van der Waals surface area (Å²) in [5.74, 6) is 2.42. The molecule has 5 aromatic rings. The van der Waals surface area contributed by atoms with Crippen LogP contribution in [0.25, 0.3) is 17.1 Å². The van der Waals surface area contributed by atoms with E-state index in [1.54, 1.807) is 26.5 Å². The number of hydrogen-bond acceptors (Lipinski definition) is 8. The van der Waals surface area contributed by atoms with E-state index in [0.717, 1.165) is 28.1 Å². The third kappa shape index (κ3) is 8.13. The summed E-state index contributed by atoms with van der Waals surface area (Å²) in [5.41, 5.74) is 7.44. The number of ether oxygens (including phenoxy) is 3. The lowest BCUT2D eigenvalue weighted by molar-refractivity contribution is -0.118. The summed E-state index contributed by atoms with van der Waals surface area (Å²) in [6.45, 7) is 6.97. The molecule has 0 atom stereocenters. The van der Waals surface area contributed by atoms with Crippen molar-refractivity contribution in [2.24, 2.45) is 5.10 Å². The van der Waals surface area contributed by atoms with Gasteiger partial charge in [-0.1, -0.05) is 87.1 Å². The summed E-state index contributed by atoms with van der Waals surface area (Å²) >= 11 is 1.28. The Balaban J connectivity index is 1.25. The van der Waals surface area contributed by atoms with Gasteiger partial charge < -0.3 is 14.2 Å². The summed E-state index contributed by atoms with van der Waals surface area (Å²) in [5, 5.41) is 13.7. The molecule has 10 heteroatoms. The Morgan fingerprint density at radius 1 is 0.891 bits per heavy atom. The fourth-order valence-corrected chi connectivity index (χ4v) is 5.34. The molecule has 0 unspecified atom stereocenters. The zero-order chi connectivity index (χ0) is 32.5. The van der Waals surface area contributed by atoms with Crippen molar-refractivity contribution in [2.75, 3.05) is 20.0 Å². The predicted octanol–water partition coefficient (Wildman–Crippen LogP) is 7.07. The lowest BCUT2D eigenvalue weighted by Crippen LogP contribution is -2.20. The van der Waals surface area contributed by atoms with Crippen LogP contribution in [0.4, 0.5) is 0 Å². The number of carbonyl (C=O) groups excluding carboxylic acids is 1. The molecule has 236 valence electrons. The van der Waals surface area contributed by atoms with Crippen molar-refractivity contribution in [3.8, 4) is 34.3 Å². The number of benzene rings is 4. The number of methoxy groups -OCH3 is 2. The van der Waals surface area contributed by atoms with Crippen molar-refractivity contribution < 1.29 is 19.0 Å². The van der Waals surface area contributed by atoms with E-state index in [0.29, 0.717) is 29.1 Å². The second kappa shape index (κ2) is 14.8. The maximum absolute atomic E-state index is 12.8. The number of amides is 1. The molecule has 5 rings (SSSR count). The number of hydrazone groups is 1. The smallest absolute Gasteiger partial charge is 0.250 e. The van der Waals surface area contributed by atoms with Gasteiger partial charge in [0, 0.05) is 11.3 Å². The summed E-state index contributed by atoms with van der Waals surface area (Å²) in [7, 11) is 3.22. The van der Waals surface area contributed by atoms with Crippen molar-refractivity contribution in [1.29, 1.82) is 0 Å². The second-order valence-corrected chi connectivity index (χ2v) is 12.4. The summed E-state index contributed by atoms with van der Waals surface area (Å²) in [4.78, 5) is 12.8. The monoisotopic (exact) mass is 635 g/mol. The predicted molar refractivity (Wildman–Crippen MR) is 182 cm³/mol. The molecular weight excluding hydrogens is 598 g/mol. The zero-order valence-corrected chi connectivity index (χ0v) is 27.4. The second-order valence-electron chi connectivity index (χ2n) is 11.4. The number of aromatic nitrogens is 3. The Bertz CT molecular complexity index is 1780. The Morgan fingerprint density at radius 3 is 2.30 bits per heavy atom. The van der Waals surface area contributed by atoms with E-state index < -0.39 is 0 Å². The molecule has 1 heterocycles. The van der Waals surface area contributed by atoms with Crippen LogP contribution in [0.2, 0.25) is 0 Å². The van der Waals surface area contributed by atoms with E-state index in [2.05, 4.69) is 65.8 Å². The highest BCUT2D eigenvalue weighted by atomic mass is 32.2. The SMILES string of the molecule is COc1ccc(-n2c(SCC(=O)N/N=C\c3ccc(OCc4ccccc4)c(OC)c3)nnc2-c2ccc(C(C)(C)C)cc2)cc1. The highest BCUT2D eigenvalue weighted by molar-refractivity contribution is 7.99. The van der Waals surface area contributed by atoms with Gasteiger partial charge in [0.05, 0.1) is 26.2 Å². The molecule has 4 aromatic carbocycles. The number of nitrogens with zero attached hydrogens (tertiary/aromatic N) is 4. The van der Waals surface area contributed by atoms with Gasteiger partial charge in [-0.3, -0.25) is 9.36 Å². The van der Waals surface area contributed by atoms with E-state index in [9.17, 15) is 4.79 Å². The molecule has 9 nitrogen and oxygen atoms in total. The number of carbonyl (C=O) groups is 1. The van der Waals surface area contributed by atoms with Gasteiger partial charge in [-0.05, 0) is 64.6 Å². The van der Waals surface area contributed by atoms with Gasteiger partial charge in [0.1, 0.15) is 12.4 Å². The number of thioether (sulfide) groups is 1. The fourth-order valence-electron chi connectivity index (χ4n) is 4.59. The molecule has 0 bridgehead atoms. The molecule has 0 radical (unpaired) electrons. The van der Waals surface area contributed by atoms with Crippen molar-refractivity contribution in [2.45, 2.75) is 37.9 Å². The van der Waals surface area contributed by atoms with Gasteiger partial charge in [0.2, 0.25) is 0 Å². The summed E-state index contributed by atoms with van der Waals surface area (Å²) in [6, 6.07) is 31.4. The quantitative estimate of drug-likeness (QED) is 0.0889. The molecule has 0 aliphatic heterocycles. The van der Waals surface area contributed by atoms with Crippen LogP contribution in [-0.4, -0.2) is 46.9 Å². The van der Waals surface area contributed by atoms with E-state index >= 15 is 0 Å². The molecule has 0 saturated carbocycles. The highest BCUT2D eigenvalue weighted by Gasteiger charge is 2.19. The summed E-state index contributed by atoms with van der Waals surface area (Å²) in [6.07, 6.45) is 1.56. The van der Waals surface area contributed by atoms with Crippen molar-refractivity contribution in [3.63, 3.8) is 0 Å². The van der Waals surface area contributed by atoms with Crippen LogP contribution in [0, 0.1) is 0 Å². The average Bonchev–Trinajstić information content (AvgIpc) is 3.50. The Labute approximate surface area is 273 Å². The van der Waals surface area contributed by atoms with Crippen molar-refractivity contribution >= 4 is 23.9 Å². The lowest BCUT2D eigenvalue weighted by atomic mass is 9.87. The normalized spacial score (nSPS) is 11.4. The number of rotatable bonds is 12. The van der Waals surface area contributed by atoms with Gasteiger partial charge in [-0.2, -0.15) is 5.10 Å². The maximum Gasteiger partial charge on any atom is 0.250 e. The van der Waals surface area contributed by atoms with Crippen LogP contribution < -0.4 is 19.6 Å². The molecule has 1 aromatic heterocycles. The molecule has 1 amide bonds. The largest absolute Gasteiger partial charge is 0.497 e. The van der Waals surface area contributed by atoms with E-state index in [4.69, 9.17) is 14.2 Å². The van der Waals surface area contributed by atoms with E-state index in [1.165, 1.54) is 17.3 Å². The Kier molecular flexibility index (Phi) is 10.4. The minimum Gasteiger partial charge on any atom is -0.497 e. The highest BCUT2D eigenvalue weighted by Crippen LogP contribution is 2.31. The molecular formula is C36H37N5O4S. The first-order valence-electron chi connectivity index (χ1n) is 14.8. The first kappa shape index (κ1) is 32.3. The molecule has 46 heavy (non-hydrogen) atoms. The molecule has 0 aliphatic rings.